The molecule has 1 aromatic rings. The third-order valence-corrected chi connectivity index (χ3v) is 4.56. The molecular weight excluding hydrogens is 264 g/mol. The third-order valence-electron chi connectivity index (χ3n) is 4.56. The summed E-state index contributed by atoms with van der Waals surface area (Å²) >= 11 is 0. The van der Waals surface area contributed by atoms with Gasteiger partial charge in [0.25, 0.3) is 0 Å². The van der Waals surface area contributed by atoms with Crippen LogP contribution in [0.5, 0.6) is 0 Å². The molecular formula is C17H26N2O2. The van der Waals surface area contributed by atoms with E-state index < -0.39 is 0 Å². The molecule has 2 fully saturated rings. The Morgan fingerprint density at radius 1 is 1.29 bits per heavy atom. The average molecular weight is 290 g/mol. The lowest BCUT2D eigenvalue weighted by Crippen LogP contribution is -2.48. The maximum atomic E-state index is 5.89. The standard InChI is InChI=1S/C17H26N2O2/c1-20-11-9-18-13-14-5-7-15(8-6-14)19-10-12-21-17-4-2-3-16(17)19/h5-8,16-18H,2-4,9-13H2,1H3. The highest BCUT2D eigenvalue weighted by molar-refractivity contribution is 5.49. The number of anilines is 1. The van der Waals surface area contributed by atoms with E-state index in [1.54, 1.807) is 7.11 Å². The van der Waals surface area contributed by atoms with Crippen molar-refractivity contribution in [1.82, 2.24) is 5.32 Å². The van der Waals surface area contributed by atoms with Crippen molar-refractivity contribution < 1.29 is 9.47 Å². The molecule has 1 aromatic carbocycles. The maximum Gasteiger partial charge on any atom is 0.0779 e. The van der Waals surface area contributed by atoms with Crippen molar-refractivity contribution in [2.45, 2.75) is 38.0 Å². The number of hydrogen-bond donors (Lipinski definition) is 1. The van der Waals surface area contributed by atoms with Crippen LogP contribution in [-0.4, -0.2) is 45.6 Å². The van der Waals surface area contributed by atoms with Crippen LogP contribution in [0.1, 0.15) is 24.8 Å². The molecule has 2 atom stereocenters. The second-order valence-corrected chi connectivity index (χ2v) is 5.94. The zero-order valence-corrected chi connectivity index (χ0v) is 12.9. The fourth-order valence-electron chi connectivity index (χ4n) is 3.46. The Bertz CT molecular complexity index is 435. The molecule has 4 nitrogen and oxygen atoms in total. The summed E-state index contributed by atoms with van der Waals surface area (Å²) < 4.78 is 10.9. The Hall–Kier alpha value is -1.10. The van der Waals surface area contributed by atoms with Crippen LogP contribution < -0.4 is 10.2 Å². The van der Waals surface area contributed by atoms with E-state index in [-0.39, 0.29) is 0 Å². The first-order valence-corrected chi connectivity index (χ1v) is 8.05. The predicted octanol–water partition coefficient (Wildman–Crippen LogP) is 2.18. The highest BCUT2D eigenvalue weighted by Gasteiger charge is 2.35. The largest absolute Gasteiger partial charge is 0.383 e. The molecule has 1 heterocycles. The summed E-state index contributed by atoms with van der Waals surface area (Å²) in [7, 11) is 1.73. The molecule has 1 aliphatic carbocycles. The van der Waals surface area contributed by atoms with Crippen LogP contribution in [0.15, 0.2) is 24.3 Å². The molecule has 1 N–H and O–H groups in total. The molecule has 1 saturated heterocycles. The Kier molecular flexibility index (Phi) is 5.12. The number of morpholine rings is 1. The smallest absolute Gasteiger partial charge is 0.0779 e. The molecule has 0 radical (unpaired) electrons. The first-order valence-electron chi connectivity index (χ1n) is 8.05. The van der Waals surface area contributed by atoms with E-state index in [0.29, 0.717) is 12.1 Å². The van der Waals surface area contributed by atoms with Crippen LogP contribution >= 0.6 is 0 Å². The number of nitrogens with one attached hydrogen (secondary N) is 1. The van der Waals surface area contributed by atoms with Gasteiger partial charge in [0.2, 0.25) is 0 Å². The van der Waals surface area contributed by atoms with Crippen LogP contribution in [0.25, 0.3) is 0 Å². The van der Waals surface area contributed by atoms with Gasteiger partial charge in [0, 0.05) is 32.4 Å². The molecule has 0 aromatic heterocycles. The summed E-state index contributed by atoms with van der Waals surface area (Å²) in [5, 5.41) is 3.38. The van der Waals surface area contributed by atoms with Crippen molar-refractivity contribution in [1.29, 1.82) is 0 Å². The van der Waals surface area contributed by atoms with Crippen molar-refractivity contribution in [2.24, 2.45) is 0 Å². The summed E-state index contributed by atoms with van der Waals surface area (Å²) in [4.78, 5) is 2.54. The lowest BCUT2D eigenvalue weighted by molar-refractivity contribution is 0.0256. The van der Waals surface area contributed by atoms with E-state index in [9.17, 15) is 0 Å². The van der Waals surface area contributed by atoms with Crippen molar-refractivity contribution >= 4 is 5.69 Å². The number of methoxy groups -OCH3 is 1. The van der Waals surface area contributed by atoms with Gasteiger partial charge in [-0.15, -0.1) is 0 Å². The Morgan fingerprint density at radius 2 is 2.14 bits per heavy atom. The van der Waals surface area contributed by atoms with Gasteiger partial charge in [0.15, 0.2) is 0 Å². The van der Waals surface area contributed by atoms with Gasteiger partial charge in [-0.25, -0.2) is 0 Å². The van der Waals surface area contributed by atoms with Crippen molar-refractivity contribution in [3.05, 3.63) is 29.8 Å². The van der Waals surface area contributed by atoms with Crippen LogP contribution in [-0.2, 0) is 16.0 Å². The van der Waals surface area contributed by atoms with E-state index in [0.717, 1.165) is 32.8 Å². The predicted molar refractivity (Wildman–Crippen MR) is 84.7 cm³/mol. The van der Waals surface area contributed by atoms with E-state index >= 15 is 0 Å². The van der Waals surface area contributed by atoms with E-state index in [1.165, 1.54) is 30.5 Å². The zero-order valence-electron chi connectivity index (χ0n) is 12.9. The fraction of sp³-hybridized carbons (Fsp3) is 0.647. The number of ether oxygens (including phenoxy) is 2. The average Bonchev–Trinajstić information content (AvgIpc) is 3.01. The van der Waals surface area contributed by atoms with Gasteiger partial charge in [-0.3, -0.25) is 0 Å². The molecule has 21 heavy (non-hydrogen) atoms. The van der Waals surface area contributed by atoms with Gasteiger partial charge in [-0.05, 0) is 37.0 Å². The monoisotopic (exact) mass is 290 g/mol. The van der Waals surface area contributed by atoms with Gasteiger partial charge >= 0.3 is 0 Å². The molecule has 4 heteroatoms. The lowest BCUT2D eigenvalue weighted by atomic mass is 10.1. The highest BCUT2D eigenvalue weighted by atomic mass is 16.5. The number of nitrogens with zero attached hydrogens (tertiary/aromatic N) is 1. The SMILES string of the molecule is COCCNCc1ccc(N2CCOC3CCCC32)cc1. The molecule has 0 spiro atoms. The zero-order chi connectivity index (χ0) is 14.5. The quantitative estimate of drug-likeness (QED) is 0.814. The fourth-order valence-corrected chi connectivity index (χ4v) is 3.46. The number of benzene rings is 1. The van der Waals surface area contributed by atoms with Crippen molar-refractivity contribution in [3.63, 3.8) is 0 Å². The van der Waals surface area contributed by atoms with Gasteiger partial charge in [0.05, 0.1) is 25.4 Å². The van der Waals surface area contributed by atoms with Crippen molar-refractivity contribution in [3.8, 4) is 0 Å². The van der Waals surface area contributed by atoms with E-state index in [2.05, 4.69) is 34.5 Å². The lowest BCUT2D eigenvalue weighted by Gasteiger charge is -2.39. The minimum absolute atomic E-state index is 0.453. The first kappa shape index (κ1) is 14.8. The molecule has 3 rings (SSSR count). The summed E-state index contributed by atoms with van der Waals surface area (Å²) in [5.41, 5.74) is 2.67. The number of hydrogen-bond acceptors (Lipinski definition) is 4. The topological polar surface area (TPSA) is 33.7 Å². The molecule has 2 aliphatic rings. The molecule has 1 saturated carbocycles. The van der Waals surface area contributed by atoms with Crippen LogP contribution in [0.2, 0.25) is 0 Å². The Labute approximate surface area is 127 Å². The number of fused-ring (bicyclic) bond motifs is 1. The van der Waals surface area contributed by atoms with E-state index in [1.807, 2.05) is 0 Å². The summed E-state index contributed by atoms with van der Waals surface area (Å²) in [5.74, 6) is 0. The Morgan fingerprint density at radius 3 is 2.95 bits per heavy atom. The molecule has 116 valence electrons. The van der Waals surface area contributed by atoms with Gasteiger partial charge in [0.1, 0.15) is 0 Å². The van der Waals surface area contributed by atoms with E-state index in [4.69, 9.17) is 9.47 Å². The maximum absolute atomic E-state index is 5.89. The summed E-state index contributed by atoms with van der Waals surface area (Å²) in [6.07, 6.45) is 4.25. The summed E-state index contributed by atoms with van der Waals surface area (Å²) in [6.45, 7) is 4.44. The van der Waals surface area contributed by atoms with Crippen LogP contribution in [0.4, 0.5) is 5.69 Å². The second-order valence-electron chi connectivity index (χ2n) is 5.94. The van der Waals surface area contributed by atoms with Crippen molar-refractivity contribution in [2.75, 3.05) is 38.3 Å². The van der Waals surface area contributed by atoms with Crippen LogP contribution in [0.3, 0.4) is 0 Å². The molecule has 1 aliphatic heterocycles. The summed E-state index contributed by atoms with van der Waals surface area (Å²) in [6, 6.07) is 9.56. The van der Waals surface area contributed by atoms with Gasteiger partial charge in [-0.1, -0.05) is 12.1 Å². The minimum Gasteiger partial charge on any atom is -0.383 e. The second kappa shape index (κ2) is 7.25. The molecule has 0 bridgehead atoms. The third kappa shape index (κ3) is 3.57. The van der Waals surface area contributed by atoms with Gasteiger partial charge in [-0.2, -0.15) is 0 Å². The van der Waals surface area contributed by atoms with Gasteiger partial charge < -0.3 is 19.7 Å². The normalized spacial score (nSPS) is 25.1. The minimum atomic E-state index is 0.453. The highest BCUT2D eigenvalue weighted by Crippen LogP contribution is 2.33. The van der Waals surface area contributed by atoms with Crippen LogP contribution in [0, 0.1) is 0 Å². The molecule has 2 unspecified atom stereocenters. The number of rotatable bonds is 6. The Balaban J connectivity index is 1.58. The molecule has 0 amide bonds. The first-order chi connectivity index (χ1) is 10.4.